The van der Waals surface area contributed by atoms with Crippen molar-refractivity contribution in [3.8, 4) is 5.75 Å². The standard InChI is InChI=1S/C16H13ClO3/c1-20-12-8-6-11(7-9-12)14(10-16(18)19)13-4-2-3-5-15(13)17/h2-10H,1H3,(H,18,19). The minimum Gasteiger partial charge on any atom is -0.497 e. The Labute approximate surface area is 122 Å². The zero-order chi connectivity index (χ0) is 14.5. The highest BCUT2D eigenvalue weighted by molar-refractivity contribution is 6.32. The normalized spacial score (nSPS) is 11.2. The van der Waals surface area contributed by atoms with Crippen LogP contribution in [0.25, 0.3) is 5.57 Å². The first-order valence-electron chi connectivity index (χ1n) is 5.96. The third kappa shape index (κ3) is 3.19. The van der Waals surface area contributed by atoms with Crippen LogP contribution in [0.2, 0.25) is 5.02 Å². The molecule has 0 saturated carbocycles. The molecular formula is C16H13ClO3. The van der Waals surface area contributed by atoms with Gasteiger partial charge >= 0.3 is 5.97 Å². The summed E-state index contributed by atoms with van der Waals surface area (Å²) in [5.74, 6) is -0.307. The van der Waals surface area contributed by atoms with Crippen molar-refractivity contribution in [3.63, 3.8) is 0 Å². The highest BCUT2D eigenvalue weighted by atomic mass is 35.5. The van der Waals surface area contributed by atoms with Crippen LogP contribution in [0.15, 0.2) is 54.6 Å². The van der Waals surface area contributed by atoms with Crippen LogP contribution < -0.4 is 4.74 Å². The number of carboxylic acid groups (broad SMARTS) is 1. The summed E-state index contributed by atoms with van der Waals surface area (Å²) in [6.07, 6.45) is 1.16. The number of benzene rings is 2. The second-order valence-electron chi connectivity index (χ2n) is 4.10. The molecule has 0 saturated heterocycles. The highest BCUT2D eigenvalue weighted by Crippen LogP contribution is 2.30. The molecule has 4 heteroatoms. The Morgan fingerprint density at radius 2 is 1.80 bits per heavy atom. The van der Waals surface area contributed by atoms with E-state index in [1.807, 2.05) is 6.07 Å². The molecule has 1 N–H and O–H groups in total. The van der Waals surface area contributed by atoms with E-state index in [1.165, 1.54) is 0 Å². The van der Waals surface area contributed by atoms with Crippen molar-refractivity contribution >= 4 is 23.1 Å². The molecule has 0 aliphatic heterocycles. The first-order valence-corrected chi connectivity index (χ1v) is 6.33. The average Bonchev–Trinajstić information content (AvgIpc) is 2.46. The van der Waals surface area contributed by atoms with E-state index < -0.39 is 5.97 Å². The highest BCUT2D eigenvalue weighted by Gasteiger charge is 2.10. The lowest BCUT2D eigenvalue weighted by Crippen LogP contribution is -1.95. The predicted octanol–water partition coefficient (Wildman–Crippen LogP) is 3.86. The Kier molecular flexibility index (Phi) is 4.43. The Bertz CT molecular complexity index is 645. The molecule has 0 aromatic heterocycles. The molecule has 3 nitrogen and oxygen atoms in total. The SMILES string of the molecule is COc1ccc(C(=CC(=O)O)c2ccccc2Cl)cc1. The second kappa shape index (κ2) is 6.26. The summed E-state index contributed by atoms with van der Waals surface area (Å²) in [6.45, 7) is 0. The molecule has 2 aromatic rings. The van der Waals surface area contributed by atoms with Crippen molar-refractivity contribution in [1.29, 1.82) is 0 Å². The van der Waals surface area contributed by atoms with Gasteiger partial charge in [0.15, 0.2) is 0 Å². The molecule has 102 valence electrons. The van der Waals surface area contributed by atoms with E-state index in [-0.39, 0.29) is 0 Å². The number of halogens is 1. The van der Waals surface area contributed by atoms with E-state index in [2.05, 4.69) is 0 Å². The lowest BCUT2D eigenvalue weighted by Gasteiger charge is -2.10. The fraction of sp³-hybridized carbons (Fsp3) is 0.0625. The van der Waals surface area contributed by atoms with E-state index in [0.29, 0.717) is 21.9 Å². The van der Waals surface area contributed by atoms with Crippen molar-refractivity contribution in [2.75, 3.05) is 7.11 Å². The van der Waals surface area contributed by atoms with Crippen LogP contribution in [0.1, 0.15) is 11.1 Å². The molecule has 2 aromatic carbocycles. The Morgan fingerprint density at radius 3 is 2.35 bits per heavy atom. The zero-order valence-electron chi connectivity index (χ0n) is 10.8. The maximum atomic E-state index is 11.0. The summed E-state index contributed by atoms with van der Waals surface area (Å²) in [5.41, 5.74) is 2.01. The number of hydrogen-bond donors (Lipinski definition) is 1. The summed E-state index contributed by atoms with van der Waals surface area (Å²) in [4.78, 5) is 11.0. The molecule has 0 amide bonds. The Hall–Kier alpha value is -2.26. The number of carboxylic acids is 1. The quantitative estimate of drug-likeness (QED) is 0.869. The van der Waals surface area contributed by atoms with Gasteiger partial charge in [0, 0.05) is 16.7 Å². The molecular weight excluding hydrogens is 276 g/mol. The van der Waals surface area contributed by atoms with E-state index in [4.69, 9.17) is 21.4 Å². The fourth-order valence-electron chi connectivity index (χ4n) is 1.89. The van der Waals surface area contributed by atoms with Gasteiger partial charge in [-0.05, 0) is 29.3 Å². The molecule has 20 heavy (non-hydrogen) atoms. The molecule has 0 spiro atoms. The molecule has 0 aliphatic carbocycles. The molecule has 0 bridgehead atoms. The van der Waals surface area contributed by atoms with Crippen molar-refractivity contribution in [2.24, 2.45) is 0 Å². The molecule has 0 aliphatic rings. The third-order valence-electron chi connectivity index (χ3n) is 2.83. The number of hydrogen-bond acceptors (Lipinski definition) is 2. The number of carbonyl (C=O) groups is 1. The maximum Gasteiger partial charge on any atom is 0.328 e. The third-order valence-corrected chi connectivity index (χ3v) is 3.16. The summed E-state index contributed by atoms with van der Waals surface area (Å²) >= 11 is 6.15. The van der Waals surface area contributed by atoms with E-state index in [1.54, 1.807) is 49.6 Å². The molecule has 0 atom stereocenters. The van der Waals surface area contributed by atoms with Gasteiger partial charge in [0.2, 0.25) is 0 Å². The van der Waals surface area contributed by atoms with Crippen LogP contribution in [0, 0.1) is 0 Å². The first kappa shape index (κ1) is 14.2. The molecule has 0 radical (unpaired) electrons. The maximum absolute atomic E-state index is 11.0. The molecule has 0 unspecified atom stereocenters. The van der Waals surface area contributed by atoms with Gasteiger partial charge in [-0.1, -0.05) is 41.9 Å². The van der Waals surface area contributed by atoms with E-state index in [9.17, 15) is 4.79 Å². The van der Waals surface area contributed by atoms with Crippen LogP contribution in [-0.4, -0.2) is 18.2 Å². The van der Waals surface area contributed by atoms with Gasteiger partial charge in [0.1, 0.15) is 5.75 Å². The van der Waals surface area contributed by atoms with Gasteiger partial charge in [-0.2, -0.15) is 0 Å². The number of rotatable bonds is 4. The van der Waals surface area contributed by atoms with E-state index >= 15 is 0 Å². The first-order chi connectivity index (χ1) is 9.61. The summed E-state index contributed by atoms with van der Waals surface area (Å²) in [6, 6.07) is 14.3. The average molecular weight is 289 g/mol. The smallest absolute Gasteiger partial charge is 0.328 e. The lowest BCUT2D eigenvalue weighted by atomic mass is 9.97. The minimum absolute atomic E-state index is 0.510. The van der Waals surface area contributed by atoms with Gasteiger partial charge in [0.05, 0.1) is 7.11 Å². The van der Waals surface area contributed by atoms with E-state index in [0.717, 1.165) is 11.6 Å². The van der Waals surface area contributed by atoms with Crippen molar-refractivity contribution in [3.05, 3.63) is 70.8 Å². The molecule has 2 rings (SSSR count). The summed E-state index contributed by atoms with van der Waals surface area (Å²) in [5, 5.41) is 9.56. The van der Waals surface area contributed by atoms with Crippen LogP contribution in [0.4, 0.5) is 0 Å². The van der Waals surface area contributed by atoms with Crippen molar-refractivity contribution < 1.29 is 14.6 Å². The Morgan fingerprint density at radius 1 is 1.15 bits per heavy atom. The van der Waals surface area contributed by atoms with Gasteiger partial charge in [0.25, 0.3) is 0 Å². The molecule has 0 fully saturated rings. The summed E-state index contributed by atoms with van der Waals surface area (Å²) in [7, 11) is 1.58. The van der Waals surface area contributed by atoms with Crippen LogP contribution in [0.5, 0.6) is 5.75 Å². The Balaban J connectivity index is 2.53. The summed E-state index contributed by atoms with van der Waals surface area (Å²) < 4.78 is 5.10. The van der Waals surface area contributed by atoms with Gasteiger partial charge in [-0.3, -0.25) is 0 Å². The number of aliphatic carboxylic acids is 1. The predicted molar refractivity (Wildman–Crippen MR) is 79.2 cm³/mol. The van der Waals surface area contributed by atoms with Crippen LogP contribution in [-0.2, 0) is 4.79 Å². The topological polar surface area (TPSA) is 46.5 Å². The van der Waals surface area contributed by atoms with Crippen LogP contribution >= 0.6 is 11.6 Å². The fourth-order valence-corrected chi connectivity index (χ4v) is 2.13. The van der Waals surface area contributed by atoms with Crippen molar-refractivity contribution in [2.45, 2.75) is 0 Å². The largest absolute Gasteiger partial charge is 0.497 e. The second-order valence-corrected chi connectivity index (χ2v) is 4.51. The van der Waals surface area contributed by atoms with Gasteiger partial charge in [-0.25, -0.2) is 4.79 Å². The zero-order valence-corrected chi connectivity index (χ0v) is 11.6. The number of methoxy groups -OCH3 is 1. The molecule has 0 heterocycles. The monoisotopic (exact) mass is 288 g/mol. The number of ether oxygens (including phenoxy) is 1. The van der Waals surface area contributed by atoms with Gasteiger partial charge < -0.3 is 9.84 Å². The van der Waals surface area contributed by atoms with Gasteiger partial charge in [-0.15, -0.1) is 0 Å². The minimum atomic E-state index is -1.02. The lowest BCUT2D eigenvalue weighted by molar-refractivity contribution is -0.131. The van der Waals surface area contributed by atoms with Crippen LogP contribution in [0.3, 0.4) is 0 Å². The van der Waals surface area contributed by atoms with Crippen molar-refractivity contribution in [1.82, 2.24) is 0 Å².